The van der Waals surface area contributed by atoms with Crippen LogP contribution in [0, 0.1) is 20.8 Å². The largest absolute Gasteiger partial charge is 0.438 e. The van der Waals surface area contributed by atoms with Crippen molar-refractivity contribution in [3.05, 3.63) is 70.4 Å². The van der Waals surface area contributed by atoms with Crippen molar-refractivity contribution in [3.8, 4) is 11.6 Å². The zero-order chi connectivity index (χ0) is 24.3. The Kier molecular flexibility index (Phi) is 7.02. The number of pyridine rings is 2. The molecule has 0 spiro atoms. The van der Waals surface area contributed by atoms with Gasteiger partial charge in [-0.3, -0.25) is 4.79 Å². The first-order valence-corrected chi connectivity index (χ1v) is 11.6. The molecule has 8 nitrogen and oxygen atoms in total. The molecule has 0 saturated heterocycles. The normalized spacial score (nSPS) is 12.4. The number of nitrogen functional groups attached to an aromatic ring is 1. The van der Waals surface area contributed by atoms with Crippen LogP contribution >= 0.6 is 0 Å². The van der Waals surface area contributed by atoms with Crippen molar-refractivity contribution in [2.45, 2.75) is 52.0 Å². The number of aryl methyl sites for hydroxylation is 3. The minimum Gasteiger partial charge on any atom is -0.438 e. The number of nitrogens with two attached hydrogens (primary N) is 1. The number of nitrogens with one attached hydrogen (secondary N) is 1. The van der Waals surface area contributed by atoms with E-state index in [-0.39, 0.29) is 27.7 Å². The van der Waals surface area contributed by atoms with Crippen LogP contribution in [0.1, 0.15) is 53.5 Å². The smallest absolute Gasteiger partial charge is 0.277 e. The Bertz CT molecular complexity index is 1270. The number of hydrogen-bond acceptors (Lipinski definition) is 7. The first-order chi connectivity index (χ1) is 15.5. The van der Waals surface area contributed by atoms with Crippen LogP contribution in [0.5, 0.6) is 11.6 Å². The molecule has 3 N–H and O–H groups in total. The molecule has 1 unspecified atom stereocenters. The van der Waals surface area contributed by atoms with E-state index < -0.39 is 16.5 Å². The third-order valence-corrected chi connectivity index (χ3v) is 5.79. The van der Waals surface area contributed by atoms with E-state index in [9.17, 15) is 9.00 Å². The number of benzene rings is 1. The molecule has 9 heteroatoms. The van der Waals surface area contributed by atoms with Crippen molar-refractivity contribution in [2.24, 2.45) is 4.47 Å². The van der Waals surface area contributed by atoms with Crippen LogP contribution in [-0.2, 0) is 16.0 Å². The number of ether oxygens (including phenoxy) is 1. The molecule has 174 valence electrons. The average molecular weight is 468 g/mol. The number of aromatic nitrogens is 2. The number of amides is 1. The van der Waals surface area contributed by atoms with E-state index in [1.807, 2.05) is 53.7 Å². The maximum Gasteiger partial charge on any atom is 0.277 e. The zero-order valence-electron chi connectivity index (χ0n) is 19.6. The van der Waals surface area contributed by atoms with Crippen LogP contribution in [-0.4, -0.2) is 20.1 Å². The Morgan fingerprint density at radius 1 is 1.06 bits per heavy atom. The molecule has 0 saturated carbocycles. The molecule has 0 aliphatic rings. The van der Waals surface area contributed by atoms with Crippen molar-refractivity contribution < 1.29 is 13.7 Å². The van der Waals surface area contributed by atoms with Gasteiger partial charge in [0, 0.05) is 11.1 Å². The summed E-state index contributed by atoms with van der Waals surface area (Å²) in [6, 6.07) is 12.2. The van der Waals surface area contributed by atoms with Crippen molar-refractivity contribution in [1.82, 2.24) is 15.4 Å². The fraction of sp³-hybridized carbons (Fsp3) is 0.292. The standard InChI is InChI=1S/C24H29N5O3S/c1-14-12-15(2)21(16(3)13-14)32-23-17(10-11-18(26-23)24(4,5)6)22(30)28-29-33(31)20-9-7-8-19(25)27-20/h7-13,33H,1-6H3,(H2,25,27)(H,28,30). The Hall–Kier alpha value is -3.46. The lowest BCUT2D eigenvalue weighted by Gasteiger charge is -2.20. The number of nitrogens with zero attached hydrogens (tertiary/aromatic N) is 3. The van der Waals surface area contributed by atoms with Gasteiger partial charge in [0.1, 0.15) is 32.8 Å². The summed E-state index contributed by atoms with van der Waals surface area (Å²) in [6.07, 6.45) is 0. The van der Waals surface area contributed by atoms with Gasteiger partial charge >= 0.3 is 0 Å². The van der Waals surface area contributed by atoms with Gasteiger partial charge in [0.15, 0.2) is 0 Å². The van der Waals surface area contributed by atoms with Gasteiger partial charge in [-0.05, 0) is 56.2 Å². The summed E-state index contributed by atoms with van der Waals surface area (Å²) in [5.41, 5.74) is 11.6. The molecule has 2 aromatic heterocycles. The number of rotatable bonds is 5. The molecule has 3 aromatic rings. The monoisotopic (exact) mass is 467 g/mol. The number of carbonyl (C=O) groups is 1. The van der Waals surface area contributed by atoms with E-state index in [1.165, 1.54) is 6.07 Å². The average Bonchev–Trinajstić information content (AvgIpc) is 2.73. The first-order valence-electron chi connectivity index (χ1n) is 10.4. The quantitative estimate of drug-likeness (QED) is 0.377. The van der Waals surface area contributed by atoms with Gasteiger partial charge in [-0.1, -0.05) is 44.5 Å². The molecule has 0 aliphatic carbocycles. The summed E-state index contributed by atoms with van der Waals surface area (Å²) in [7, 11) is -2.32. The highest BCUT2D eigenvalue weighted by Crippen LogP contribution is 2.32. The molecule has 1 aromatic carbocycles. The lowest BCUT2D eigenvalue weighted by Crippen LogP contribution is -2.21. The van der Waals surface area contributed by atoms with Gasteiger partial charge in [-0.15, -0.1) is 4.47 Å². The summed E-state index contributed by atoms with van der Waals surface area (Å²) in [4.78, 5) is 21.6. The third kappa shape index (κ3) is 5.87. The Balaban J connectivity index is 1.98. The topological polar surface area (TPSA) is 120 Å². The Morgan fingerprint density at radius 3 is 2.33 bits per heavy atom. The molecule has 0 aliphatic heterocycles. The van der Waals surface area contributed by atoms with Crippen molar-refractivity contribution in [3.63, 3.8) is 0 Å². The summed E-state index contributed by atoms with van der Waals surface area (Å²) < 4.78 is 22.4. The molecule has 0 bridgehead atoms. The highest BCUT2D eigenvalue weighted by molar-refractivity contribution is 7.74. The second kappa shape index (κ2) is 9.58. The van der Waals surface area contributed by atoms with Gasteiger partial charge in [-0.2, -0.15) is 0 Å². The van der Waals surface area contributed by atoms with Crippen LogP contribution in [0.25, 0.3) is 0 Å². The maximum atomic E-state index is 12.9. The molecule has 0 fully saturated rings. The Morgan fingerprint density at radius 2 is 1.73 bits per heavy atom. The fourth-order valence-corrected chi connectivity index (χ4v) is 3.98. The van der Waals surface area contributed by atoms with E-state index >= 15 is 0 Å². The molecular weight excluding hydrogens is 438 g/mol. The highest BCUT2D eigenvalue weighted by atomic mass is 32.2. The van der Waals surface area contributed by atoms with Gasteiger partial charge < -0.3 is 10.5 Å². The fourth-order valence-electron chi connectivity index (χ4n) is 3.28. The third-order valence-electron chi connectivity index (χ3n) is 4.87. The Labute approximate surface area is 195 Å². The maximum absolute atomic E-state index is 12.9. The van der Waals surface area contributed by atoms with Gasteiger partial charge in [0.05, 0.1) is 0 Å². The summed E-state index contributed by atoms with van der Waals surface area (Å²) in [5, 5.41) is 0.175. The summed E-state index contributed by atoms with van der Waals surface area (Å²) in [6.45, 7) is 12.0. The van der Waals surface area contributed by atoms with E-state index in [0.717, 1.165) is 22.4 Å². The first kappa shape index (κ1) is 24.2. The molecule has 33 heavy (non-hydrogen) atoms. The summed E-state index contributed by atoms with van der Waals surface area (Å²) >= 11 is 0. The molecular formula is C24H29N5O3S. The number of anilines is 1. The van der Waals surface area contributed by atoms with Gasteiger partial charge in [0.25, 0.3) is 5.91 Å². The predicted molar refractivity (Wildman–Crippen MR) is 130 cm³/mol. The van der Waals surface area contributed by atoms with Crippen molar-refractivity contribution >= 4 is 22.3 Å². The second-order valence-corrected chi connectivity index (χ2v) is 10.1. The lowest BCUT2D eigenvalue weighted by molar-refractivity contribution is 0.0952. The minimum absolute atomic E-state index is 0.155. The van der Waals surface area contributed by atoms with Crippen LogP contribution in [0.3, 0.4) is 0 Å². The molecule has 3 rings (SSSR count). The van der Waals surface area contributed by atoms with Crippen LogP contribution in [0.15, 0.2) is 52.0 Å². The number of carbonyl (C=O) groups excluding carboxylic acids is 1. The van der Waals surface area contributed by atoms with Crippen LogP contribution in [0.4, 0.5) is 5.82 Å². The van der Waals surface area contributed by atoms with Gasteiger partial charge in [0.2, 0.25) is 5.88 Å². The van der Waals surface area contributed by atoms with Crippen LogP contribution in [0.2, 0.25) is 0 Å². The summed E-state index contributed by atoms with van der Waals surface area (Å²) in [5.74, 6) is 0.425. The lowest BCUT2D eigenvalue weighted by atomic mass is 9.91. The number of hydrogen-bond donors (Lipinski definition) is 3. The van der Waals surface area contributed by atoms with E-state index in [4.69, 9.17) is 10.5 Å². The predicted octanol–water partition coefficient (Wildman–Crippen LogP) is 4.44. The number of thiol groups is 1. The molecule has 1 atom stereocenters. The minimum atomic E-state index is -2.32. The molecule has 1 amide bonds. The second-order valence-electron chi connectivity index (χ2n) is 8.86. The molecule has 2 heterocycles. The van der Waals surface area contributed by atoms with Crippen molar-refractivity contribution in [2.75, 3.05) is 5.73 Å². The van der Waals surface area contributed by atoms with E-state index in [2.05, 4.69) is 19.9 Å². The van der Waals surface area contributed by atoms with Crippen molar-refractivity contribution in [1.29, 1.82) is 0 Å². The zero-order valence-corrected chi connectivity index (χ0v) is 20.5. The van der Waals surface area contributed by atoms with Crippen LogP contribution < -0.4 is 15.9 Å². The van der Waals surface area contributed by atoms with Gasteiger partial charge in [-0.25, -0.2) is 19.6 Å². The van der Waals surface area contributed by atoms with E-state index in [1.54, 1.807) is 24.3 Å². The van der Waals surface area contributed by atoms with E-state index in [0.29, 0.717) is 5.75 Å². The highest BCUT2D eigenvalue weighted by Gasteiger charge is 2.22. The SMILES string of the molecule is Cc1cc(C)c(Oc2nc(C(C)(C)C)ccc2C(=O)N/N=[SH](=O)\c2cccc(N)n2)c(C)c1. The molecule has 0 radical (unpaired) electrons.